The lowest BCUT2D eigenvalue weighted by atomic mass is 10.1. The highest BCUT2D eigenvalue weighted by molar-refractivity contribution is 7.91. The van der Waals surface area contributed by atoms with Gasteiger partial charge in [-0.1, -0.05) is 12.1 Å². The van der Waals surface area contributed by atoms with Gasteiger partial charge in [0.1, 0.15) is 5.82 Å². The molecule has 0 bridgehead atoms. The molecule has 0 aromatic heterocycles. The summed E-state index contributed by atoms with van der Waals surface area (Å²) in [6, 6.07) is 8.77. The molecule has 0 saturated carbocycles. The van der Waals surface area contributed by atoms with Crippen molar-refractivity contribution in [2.24, 2.45) is 0 Å². The number of esters is 1. The van der Waals surface area contributed by atoms with Crippen LogP contribution in [0.1, 0.15) is 28.9 Å². The monoisotopic (exact) mass is 415 g/mol. The topological polar surface area (TPSA) is 89.5 Å². The van der Waals surface area contributed by atoms with Crippen LogP contribution < -0.4 is 5.32 Å². The Bertz CT molecular complexity index is 944. The SMILES string of the molecule is C[C@@H](NC(=O)COC(=O)c1ccc(S(=O)(=O)C(F)F)cc1)c1ccc(F)cc1. The predicted octanol–water partition coefficient (Wildman–Crippen LogP) is 2.86. The van der Waals surface area contributed by atoms with Gasteiger partial charge in [-0.15, -0.1) is 0 Å². The number of benzene rings is 2. The number of ether oxygens (including phenoxy) is 1. The second kappa shape index (κ2) is 8.87. The van der Waals surface area contributed by atoms with Crippen molar-refractivity contribution in [3.8, 4) is 0 Å². The maximum absolute atomic E-state index is 12.9. The minimum absolute atomic E-state index is 0.104. The number of sulfone groups is 1. The van der Waals surface area contributed by atoms with E-state index in [-0.39, 0.29) is 5.56 Å². The Balaban J connectivity index is 1.91. The van der Waals surface area contributed by atoms with Gasteiger partial charge in [-0.25, -0.2) is 17.6 Å². The molecule has 1 amide bonds. The number of alkyl halides is 2. The van der Waals surface area contributed by atoms with Crippen LogP contribution in [-0.4, -0.2) is 32.7 Å². The minimum Gasteiger partial charge on any atom is -0.452 e. The van der Waals surface area contributed by atoms with E-state index >= 15 is 0 Å². The normalized spacial score (nSPS) is 12.5. The molecule has 2 rings (SSSR count). The first-order valence-electron chi connectivity index (χ1n) is 7.95. The van der Waals surface area contributed by atoms with Gasteiger partial charge in [-0.2, -0.15) is 8.78 Å². The van der Waals surface area contributed by atoms with Gasteiger partial charge >= 0.3 is 11.7 Å². The molecular weight excluding hydrogens is 399 g/mol. The van der Waals surface area contributed by atoms with Gasteiger partial charge in [0.15, 0.2) is 6.61 Å². The molecule has 28 heavy (non-hydrogen) atoms. The molecule has 0 saturated heterocycles. The third kappa shape index (κ3) is 5.32. The van der Waals surface area contributed by atoms with Crippen LogP contribution >= 0.6 is 0 Å². The number of amides is 1. The first-order chi connectivity index (χ1) is 13.1. The van der Waals surface area contributed by atoms with Crippen molar-refractivity contribution in [3.05, 3.63) is 65.5 Å². The zero-order valence-electron chi connectivity index (χ0n) is 14.6. The van der Waals surface area contributed by atoms with Gasteiger partial charge in [0.05, 0.1) is 16.5 Å². The van der Waals surface area contributed by atoms with Crippen molar-refractivity contribution in [3.63, 3.8) is 0 Å². The van der Waals surface area contributed by atoms with Gasteiger partial charge in [-0.3, -0.25) is 4.79 Å². The lowest BCUT2D eigenvalue weighted by molar-refractivity contribution is -0.124. The lowest BCUT2D eigenvalue weighted by Crippen LogP contribution is -2.31. The van der Waals surface area contributed by atoms with Gasteiger partial charge < -0.3 is 10.1 Å². The Hall–Kier alpha value is -2.88. The molecule has 0 fully saturated rings. The molecule has 0 aliphatic rings. The molecule has 6 nitrogen and oxygen atoms in total. The Morgan fingerprint density at radius 3 is 2.14 bits per heavy atom. The van der Waals surface area contributed by atoms with Gasteiger partial charge in [-0.05, 0) is 48.9 Å². The fourth-order valence-corrected chi connectivity index (χ4v) is 2.94. The second-order valence-corrected chi connectivity index (χ2v) is 7.66. The van der Waals surface area contributed by atoms with Crippen molar-refractivity contribution in [2.75, 3.05) is 6.61 Å². The number of nitrogens with one attached hydrogen (secondary N) is 1. The zero-order chi connectivity index (χ0) is 20.9. The van der Waals surface area contributed by atoms with Crippen LogP contribution in [0.15, 0.2) is 53.4 Å². The lowest BCUT2D eigenvalue weighted by Gasteiger charge is -2.14. The third-order valence-corrected chi connectivity index (χ3v) is 5.13. The average molecular weight is 415 g/mol. The Morgan fingerprint density at radius 2 is 1.61 bits per heavy atom. The molecule has 0 aliphatic heterocycles. The number of halogens is 3. The van der Waals surface area contributed by atoms with E-state index in [0.29, 0.717) is 5.56 Å². The standard InChI is InChI=1S/C18H16F3NO5S/c1-11(12-2-6-14(19)7-3-12)22-16(23)10-27-17(24)13-4-8-15(9-5-13)28(25,26)18(20)21/h2-9,11,18H,10H2,1H3,(H,22,23)/t11-/m1/s1. The van der Waals surface area contributed by atoms with Crippen molar-refractivity contribution in [1.29, 1.82) is 0 Å². The summed E-state index contributed by atoms with van der Waals surface area (Å²) in [6.45, 7) is 1.05. The van der Waals surface area contributed by atoms with E-state index < -0.39 is 50.8 Å². The van der Waals surface area contributed by atoms with E-state index in [9.17, 15) is 31.2 Å². The molecular formula is C18H16F3NO5S. The van der Waals surface area contributed by atoms with Gasteiger partial charge in [0, 0.05) is 0 Å². The van der Waals surface area contributed by atoms with Crippen LogP contribution in [0.25, 0.3) is 0 Å². The van der Waals surface area contributed by atoms with E-state index in [1.54, 1.807) is 6.92 Å². The summed E-state index contributed by atoms with van der Waals surface area (Å²) in [4.78, 5) is 23.1. The summed E-state index contributed by atoms with van der Waals surface area (Å²) in [7, 11) is -4.76. The second-order valence-electron chi connectivity index (χ2n) is 5.75. The number of carbonyl (C=O) groups is 2. The summed E-state index contributed by atoms with van der Waals surface area (Å²) in [5, 5.41) is 2.56. The molecule has 150 valence electrons. The molecule has 0 heterocycles. The van der Waals surface area contributed by atoms with Crippen LogP contribution in [0.5, 0.6) is 0 Å². The van der Waals surface area contributed by atoms with E-state index in [1.807, 2.05) is 0 Å². The Labute approximate surface area is 159 Å². The van der Waals surface area contributed by atoms with Crippen molar-refractivity contribution >= 4 is 21.7 Å². The minimum atomic E-state index is -4.76. The Morgan fingerprint density at radius 1 is 1.04 bits per heavy atom. The quantitative estimate of drug-likeness (QED) is 0.703. The highest BCUT2D eigenvalue weighted by Crippen LogP contribution is 2.19. The zero-order valence-corrected chi connectivity index (χ0v) is 15.4. The number of carbonyl (C=O) groups excluding carboxylic acids is 2. The molecule has 0 aliphatic carbocycles. The van der Waals surface area contributed by atoms with Crippen LogP contribution in [0, 0.1) is 5.82 Å². The maximum atomic E-state index is 12.9. The van der Waals surface area contributed by atoms with Crippen LogP contribution in [0.4, 0.5) is 13.2 Å². The number of rotatable bonds is 7. The summed E-state index contributed by atoms with van der Waals surface area (Å²) in [5.41, 5.74) is 0.546. The predicted molar refractivity (Wildman–Crippen MR) is 92.9 cm³/mol. The van der Waals surface area contributed by atoms with Gasteiger partial charge in [0.25, 0.3) is 5.91 Å². The number of hydrogen-bond acceptors (Lipinski definition) is 5. The summed E-state index contributed by atoms with van der Waals surface area (Å²) in [5.74, 6) is -5.52. The fraction of sp³-hybridized carbons (Fsp3) is 0.222. The largest absolute Gasteiger partial charge is 0.452 e. The molecule has 0 spiro atoms. The van der Waals surface area contributed by atoms with Crippen molar-refractivity contribution in [1.82, 2.24) is 5.32 Å². The van der Waals surface area contributed by atoms with Crippen molar-refractivity contribution < 1.29 is 35.9 Å². The first kappa shape index (κ1) is 21.4. The smallest absolute Gasteiger partial charge is 0.341 e. The summed E-state index contributed by atoms with van der Waals surface area (Å²) >= 11 is 0. The molecule has 0 radical (unpaired) electrons. The van der Waals surface area contributed by atoms with E-state index in [4.69, 9.17) is 4.74 Å². The fourth-order valence-electron chi connectivity index (χ4n) is 2.22. The molecule has 2 aromatic carbocycles. The van der Waals surface area contributed by atoms with Gasteiger partial charge in [0.2, 0.25) is 9.84 Å². The van der Waals surface area contributed by atoms with E-state index in [0.717, 1.165) is 24.3 Å². The van der Waals surface area contributed by atoms with E-state index in [1.165, 1.54) is 24.3 Å². The average Bonchev–Trinajstić information content (AvgIpc) is 2.66. The Kier molecular flexibility index (Phi) is 6.79. The third-order valence-electron chi connectivity index (χ3n) is 3.73. The molecule has 0 unspecified atom stereocenters. The first-order valence-corrected chi connectivity index (χ1v) is 9.50. The summed E-state index contributed by atoms with van der Waals surface area (Å²) < 4.78 is 65.3. The highest BCUT2D eigenvalue weighted by Gasteiger charge is 2.26. The summed E-state index contributed by atoms with van der Waals surface area (Å²) in [6.07, 6.45) is 0. The maximum Gasteiger partial charge on any atom is 0.341 e. The van der Waals surface area contributed by atoms with Crippen LogP contribution in [0.2, 0.25) is 0 Å². The molecule has 1 atom stereocenters. The van der Waals surface area contributed by atoms with Crippen LogP contribution in [-0.2, 0) is 19.4 Å². The van der Waals surface area contributed by atoms with Crippen molar-refractivity contribution in [2.45, 2.75) is 23.6 Å². The molecule has 1 N–H and O–H groups in total. The highest BCUT2D eigenvalue weighted by atomic mass is 32.2. The van der Waals surface area contributed by atoms with E-state index in [2.05, 4.69) is 5.32 Å². The van der Waals surface area contributed by atoms with Crippen LogP contribution in [0.3, 0.4) is 0 Å². The number of hydrogen-bond donors (Lipinski definition) is 1. The molecule has 2 aromatic rings. The molecule has 10 heteroatoms.